The van der Waals surface area contributed by atoms with Gasteiger partial charge in [-0.25, -0.2) is 0 Å². The number of rotatable bonds is 16. The molecule has 0 aliphatic rings. The Morgan fingerprint density at radius 2 is 1.27 bits per heavy atom. The molecule has 0 spiro atoms. The van der Waals surface area contributed by atoms with Crippen LogP contribution in [0.25, 0.3) is 0 Å². The zero-order valence-electron chi connectivity index (χ0n) is 15.5. The minimum absolute atomic E-state index is 0.00592. The summed E-state index contributed by atoms with van der Waals surface area (Å²) in [7, 11) is 0. The average Bonchev–Trinajstić information content (AvgIpc) is 2.53. The largest absolute Gasteiger partial charge is 0.466 e. The van der Waals surface area contributed by atoms with E-state index in [0.717, 1.165) is 18.8 Å². The van der Waals surface area contributed by atoms with E-state index in [1.54, 1.807) is 0 Å². The molecule has 2 nitrogen and oxygen atoms in total. The molecule has 0 rings (SSSR count). The van der Waals surface area contributed by atoms with Crippen LogP contribution in [0.2, 0.25) is 0 Å². The highest BCUT2D eigenvalue weighted by molar-refractivity contribution is 5.69. The highest BCUT2D eigenvalue weighted by Gasteiger charge is 2.12. The van der Waals surface area contributed by atoms with Gasteiger partial charge in [-0.1, -0.05) is 91.4 Å². The summed E-state index contributed by atoms with van der Waals surface area (Å²) in [6.07, 6.45) is 17.2. The number of hydrogen-bond donors (Lipinski definition) is 0. The fraction of sp³-hybridized carbons (Fsp3) is 0.950. The van der Waals surface area contributed by atoms with E-state index in [4.69, 9.17) is 4.74 Å². The second-order valence-electron chi connectivity index (χ2n) is 6.68. The average molecular weight is 313 g/mol. The Balaban J connectivity index is 3.90. The molecule has 0 bridgehead atoms. The molecule has 0 aromatic rings. The Labute approximate surface area is 139 Å². The van der Waals surface area contributed by atoms with Crippen LogP contribution < -0.4 is 0 Å². The molecule has 0 aromatic carbocycles. The van der Waals surface area contributed by atoms with Gasteiger partial charge in [0.25, 0.3) is 0 Å². The first kappa shape index (κ1) is 21.5. The summed E-state index contributed by atoms with van der Waals surface area (Å²) >= 11 is 0. The summed E-state index contributed by atoms with van der Waals surface area (Å²) in [5, 5.41) is 0. The lowest BCUT2D eigenvalue weighted by molar-refractivity contribution is -0.144. The Morgan fingerprint density at radius 3 is 1.82 bits per heavy atom. The van der Waals surface area contributed by atoms with Gasteiger partial charge in [-0.3, -0.25) is 4.79 Å². The topological polar surface area (TPSA) is 26.3 Å². The molecule has 0 saturated heterocycles. The van der Waals surface area contributed by atoms with E-state index in [2.05, 4.69) is 13.8 Å². The summed E-state index contributed by atoms with van der Waals surface area (Å²) in [5.41, 5.74) is 0. The fourth-order valence-electron chi connectivity index (χ4n) is 2.94. The molecule has 0 aliphatic carbocycles. The molecule has 22 heavy (non-hydrogen) atoms. The van der Waals surface area contributed by atoms with E-state index < -0.39 is 0 Å². The minimum Gasteiger partial charge on any atom is -0.466 e. The summed E-state index contributed by atoms with van der Waals surface area (Å²) < 4.78 is 5.20. The third kappa shape index (κ3) is 14.4. The van der Waals surface area contributed by atoms with E-state index in [-0.39, 0.29) is 5.97 Å². The summed E-state index contributed by atoms with van der Waals surface area (Å²) in [6.45, 7) is 7.14. The van der Waals surface area contributed by atoms with Crippen LogP contribution in [0.3, 0.4) is 0 Å². The van der Waals surface area contributed by atoms with Gasteiger partial charge in [0, 0.05) is 6.42 Å². The molecule has 1 unspecified atom stereocenters. The Morgan fingerprint density at radius 1 is 0.727 bits per heavy atom. The van der Waals surface area contributed by atoms with Crippen molar-refractivity contribution in [2.45, 2.75) is 111 Å². The van der Waals surface area contributed by atoms with E-state index in [9.17, 15) is 4.79 Å². The molecule has 0 saturated carbocycles. The van der Waals surface area contributed by atoms with Gasteiger partial charge in [-0.15, -0.1) is 0 Å². The molecule has 0 aromatic heterocycles. The van der Waals surface area contributed by atoms with Gasteiger partial charge in [-0.05, 0) is 18.8 Å². The fourth-order valence-corrected chi connectivity index (χ4v) is 2.94. The van der Waals surface area contributed by atoms with Crippen LogP contribution >= 0.6 is 0 Å². The van der Waals surface area contributed by atoms with Crippen molar-refractivity contribution in [3.05, 3.63) is 0 Å². The van der Waals surface area contributed by atoms with Crippen molar-refractivity contribution in [3.8, 4) is 0 Å². The standard InChI is InChI=1S/C20H40O2/c1-4-7-9-11-13-15-19(14-12-10-8-5-2)16-17-20(21)22-18-6-3/h19H,4-18H2,1-3H3. The van der Waals surface area contributed by atoms with E-state index >= 15 is 0 Å². The van der Waals surface area contributed by atoms with Gasteiger partial charge in [-0.2, -0.15) is 0 Å². The smallest absolute Gasteiger partial charge is 0.305 e. The maximum Gasteiger partial charge on any atom is 0.305 e. The lowest BCUT2D eigenvalue weighted by Crippen LogP contribution is -2.09. The summed E-state index contributed by atoms with van der Waals surface area (Å²) in [5.74, 6) is 0.735. The first-order valence-corrected chi connectivity index (χ1v) is 9.90. The van der Waals surface area contributed by atoms with Crippen molar-refractivity contribution >= 4 is 5.97 Å². The lowest BCUT2D eigenvalue weighted by atomic mass is 9.90. The molecule has 0 radical (unpaired) electrons. The van der Waals surface area contributed by atoms with E-state index in [0.29, 0.717) is 13.0 Å². The molecule has 0 amide bonds. The normalized spacial score (nSPS) is 12.3. The molecule has 0 heterocycles. The maximum absolute atomic E-state index is 11.7. The van der Waals surface area contributed by atoms with Crippen molar-refractivity contribution in [1.29, 1.82) is 0 Å². The predicted molar refractivity (Wildman–Crippen MR) is 96.1 cm³/mol. The van der Waals surface area contributed by atoms with Crippen molar-refractivity contribution in [2.24, 2.45) is 5.92 Å². The van der Waals surface area contributed by atoms with Crippen molar-refractivity contribution in [1.82, 2.24) is 0 Å². The number of carbonyl (C=O) groups is 1. The quantitative estimate of drug-likeness (QED) is 0.235. The second-order valence-corrected chi connectivity index (χ2v) is 6.68. The second kappa shape index (κ2) is 16.8. The number of carbonyl (C=O) groups excluding carboxylic acids is 1. The highest BCUT2D eigenvalue weighted by Crippen LogP contribution is 2.23. The van der Waals surface area contributed by atoms with Gasteiger partial charge in [0.15, 0.2) is 0 Å². The molecule has 0 aliphatic heterocycles. The third-order valence-corrected chi connectivity index (χ3v) is 4.41. The van der Waals surface area contributed by atoms with Crippen LogP contribution in [0.1, 0.15) is 111 Å². The molecular formula is C20H40O2. The van der Waals surface area contributed by atoms with Crippen molar-refractivity contribution in [3.63, 3.8) is 0 Å². The number of ether oxygens (including phenoxy) is 1. The number of esters is 1. The van der Waals surface area contributed by atoms with Gasteiger partial charge in [0.1, 0.15) is 0 Å². The molecule has 1 atom stereocenters. The minimum atomic E-state index is 0.00592. The van der Waals surface area contributed by atoms with Gasteiger partial charge in [0.2, 0.25) is 0 Å². The first-order chi connectivity index (χ1) is 10.7. The summed E-state index contributed by atoms with van der Waals surface area (Å²) in [6, 6.07) is 0. The van der Waals surface area contributed by atoms with Crippen LogP contribution in [0.4, 0.5) is 0 Å². The summed E-state index contributed by atoms with van der Waals surface area (Å²) in [4.78, 5) is 11.7. The highest BCUT2D eigenvalue weighted by atomic mass is 16.5. The Bertz CT molecular complexity index is 238. The van der Waals surface area contributed by atoms with Crippen LogP contribution in [-0.4, -0.2) is 12.6 Å². The van der Waals surface area contributed by atoms with Crippen molar-refractivity contribution in [2.75, 3.05) is 6.61 Å². The zero-order chi connectivity index (χ0) is 16.5. The van der Waals surface area contributed by atoms with Crippen LogP contribution in [0, 0.1) is 5.92 Å². The van der Waals surface area contributed by atoms with Gasteiger partial charge < -0.3 is 4.74 Å². The third-order valence-electron chi connectivity index (χ3n) is 4.41. The van der Waals surface area contributed by atoms with Crippen molar-refractivity contribution < 1.29 is 9.53 Å². The first-order valence-electron chi connectivity index (χ1n) is 9.90. The monoisotopic (exact) mass is 312 g/mol. The molecule has 2 heteroatoms. The maximum atomic E-state index is 11.7. The lowest BCUT2D eigenvalue weighted by Gasteiger charge is -2.16. The van der Waals surface area contributed by atoms with Crippen LogP contribution in [0.15, 0.2) is 0 Å². The van der Waals surface area contributed by atoms with E-state index in [1.165, 1.54) is 70.6 Å². The molecule has 132 valence electrons. The number of unbranched alkanes of at least 4 members (excludes halogenated alkanes) is 7. The zero-order valence-corrected chi connectivity index (χ0v) is 15.5. The Kier molecular flexibility index (Phi) is 16.4. The number of hydrogen-bond acceptors (Lipinski definition) is 2. The van der Waals surface area contributed by atoms with Crippen LogP contribution in [0.5, 0.6) is 0 Å². The molecular weight excluding hydrogens is 272 g/mol. The molecule has 0 fully saturated rings. The molecule has 0 N–H and O–H groups in total. The van der Waals surface area contributed by atoms with E-state index in [1.807, 2.05) is 6.92 Å². The SMILES string of the molecule is CCCCCCCC(CCCCCC)CCC(=O)OCCC. The van der Waals surface area contributed by atoms with Crippen LogP contribution in [-0.2, 0) is 9.53 Å². The predicted octanol–water partition coefficient (Wildman–Crippen LogP) is 6.67. The van der Waals surface area contributed by atoms with Gasteiger partial charge in [0.05, 0.1) is 6.61 Å². The Hall–Kier alpha value is -0.530. The van der Waals surface area contributed by atoms with Gasteiger partial charge >= 0.3 is 5.97 Å².